The Morgan fingerprint density at radius 1 is 1.41 bits per heavy atom. The summed E-state index contributed by atoms with van der Waals surface area (Å²) in [4.78, 5) is 22.2. The highest BCUT2D eigenvalue weighted by molar-refractivity contribution is 9.10. The van der Waals surface area contributed by atoms with Gasteiger partial charge in [0.05, 0.1) is 17.5 Å². The second-order valence-electron chi connectivity index (χ2n) is 3.90. The van der Waals surface area contributed by atoms with Gasteiger partial charge in [0, 0.05) is 4.47 Å². The van der Waals surface area contributed by atoms with Crippen molar-refractivity contribution in [2.45, 2.75) is 6.42 Å². The first kappa shape index (κ1) is 12.0. The fraction of sp³-hybridized carbons (Fsp3) is 0.273. The van der Waals surface area contributed by atoms with Gasteiger partial charge in [-0.05, 0) is 40.5 Å². The largest absolute Gasteiger partial charge is 0.481 e. The first-order chi connectivity index (χ1) is 7.99. The molecule has 0 aromatic heterocycles. The maximum absolute atomic E-state index is 13.0. The second-order valence-corrected chi connectivity index (χ2v) is 4.75. The third-order valence-electron chi connectivity index (χ3n) is 2.63. The summed E-state index contributed by atoms with van der Waals surface area (Å²) >= 11 is 3.17. The maximum atomic E-state index is 13.0. The Labute approximate surface area is 105 Å². The third kappa shape index (κ3) is 2.63. The smallest absolute Gasteiger partial charge is 0.307 e. The Hall–Kier alpha value is -1.43. The lowest BCUT2D eigenvalue weighted by Gasteiger charge is -2.06. The van der Waals surface area contributed by atoms with Crippen molar-refractivity contribution in [2.75, 3.05) is 5.32 Å². The number of carboxylic acid groups (broad SMARTS) is 1. The molecule has 2 rings (SSSR count). The van der Waals surface area contributed by atoms with E-state index in [1.807, 2.05) is 0 Å². The molecule has 1 aromatic rings. The number of aliphatic carboxylic acids is 1. The maximum Gasteiger partial charge on any atom is 0.307 e. The van der Waals surface area contributed by atoms with Crippen LogP contribution in [0.25, 0.3) is 0 Å². The first-order valence-electron chi connectivity index (χ1n) is 4.98. The van der Waals surface area contributed by atoms with Crippen molar-refractivity contribution in [3.8, 4) is 0 Å². The number of carboxylic acids is 1. The molecular weight excluding hydrogens is 293 g/mol. The fourth-order valence-electron chi connectivity index (χ4n) is 1.58. The summed E-state index contributed by atoms with van der Waals surface area (Å²) in [6.45, 7) is 0. The number of hydrogen-bond acceptors (Lipinski definition) is 2. The summed E-state index contributed by atoms with van der Waals surface area (Å²) in [5.41, 5.74) is 0.311. The van der Waals surface area contributed by atoms with Gasteiger partial charge in [0.1, 0.15) is 5.82 Å². The Balaban J connectivity index is 2.04. The van der Waals surface area contributed by atoms with Gasteiger partial charge in [0.15, 0.2) is 0 Å². The van der Waals surface area contributed by atoms with Crippen LogP contribution in [0.1, 0.15) is 6.42 Å². The SMILES string of the molecule is O=C(O)C1CC1C(=O)Nc1cc(F)ccc1Br. The van der Waals surface area contributed by atoms with Crippen LogP contribution in [0.5, 0.6) is 0 Å². The van der Waals surface area contributed by atoms with Crippen molar-refractivity contribution in [3.63, 3.8) is 0 Å². The summed E-state index contributed by atoms with van der Waals surface area (Å²) in [6.07, 6.45) is 0.341. The van der Waals surface area contributed by atoms with Gasteiger partial charge in [0.2, 0.25) is 5.91 Å². The van der Waals surface area contributed by atoms with E-state index in [9.17, 15) is 14.0 Å². The van der Waals surface area contributed by atoms with E-state index < -0.39 is 23.6 Å². The van der Waals surface area contributed by atoms with E-state index in [4.69, 9.17) is 5.11 Å². The highest BCUT2D eigenvalue weighted by atomic mass is 79.9. The van der Waals surface area contributed by atoms with Gasteiger partial charge in [-0.25, -0.2) is 4.39 Å². The van der Waals surface area contributed by atoms with E-state index in [1.165, 1.54) is 18.2 Å². The zero-order chi connectivity index (χ0) is 12.6. The molecule has 0 bridgehead atoms. The molecule has 1 fully saturated rings. The Morgan fingerprint density at radius 3 is 2.71 bits per heavy atom. The average Bonchev–Trinajstić information content (AvgIpc) is 3.03. The van der Waals surface area contributed by atoms with Crippen LogP contribution in [-0.2, 0) is 9.59 Å². The van der Waals surface area contributed by atoms with Crippen molar-refractivity contribution in [2.24, 2.45) is 11.8 Å². The molecule has 2 unspecified atom stereocenters. The van der Waals surface area contributed by atoms with Gasteiger partial charge in [-0.3, -0.25) is 9.59 Å². The lowest BCUT2D eigenvalue weighted by Crippen LogP contribution is -2.17. The predicted octanol–water partition coefficient (Wildman–Crippen LogP) is 2.25. The van der Waals surface area contributed by atoms with E-state index in [1.54, 1.807) is 0 Å². The topological polar surface area (TPSA) is 66.4 Å². The van der Waals surface area contributed by atoms with E-state index in [2.05, 4.69) is 21.2 Å². The summed E-state index contributed by atoms with van der Waals surface area (Å²) in [5, 5.41) is 11.2. The molecular formula is C11H9BrFNO3. The van der Waals surface area contributed by atoms with E-state index >= 15 is 0 Å². The molecule has 0 heterocycles. The molecule has 17 heavy (non-hydrogen) atoms. The van der Waals surface area contributed by atoms with Crippen molar-refractivity contribution in [1.82, 2.24) is 0 Å². The van der Waals surface area contributed by atoms with Crippen molar-refractivity contribution in [1.29, 1.82) is 0 Å². The normalized spacial score (nSPS) is 22.0. The second kappa shape index (κ2) is 4.44. The number of rotatable bonds is 3. The van der Waals surface area contributed by atoms with Gasteiger partial charge in [0.25, 0.3) is 0 Å². The van der Waals surface area contributed by atoms with Crippen molar-refractivity contribution >= 4 is 33.5 Å². The zero-order valence-corrected chi connectivity index (χ0v) is 10.2. The molecule has 2 N–H and O–H groups in total. The van der Waals surface area contributed by atoms with Crippen LogP contribution in [0.3, 0.4) is 0 Å². The number of carbonyl (C=O) groups is 2. The monoisotopic (exact) mass is 301 g/mol. The van der Waals surface area contributed by atoms with Crippen LogP contribution in [0, 0.1) is 17.7 Å². The summed E-state index contributed by atoms with van der Waals surface area (Å²) in [7, 11) is 0. The number of anilines is 1. The number of carbonyl (C=O) groups excluding carboxylic acids is 1. The Morgan fingerprint density at radius 2 is 2.12 bits per heavy atom. The van der Waals surface area contributed by atoms with Crippen LogP contribution >= 0.6 is 15.9 Å². The minimum atomic E-state index is -0.969. The summed E-state index contributed by atoms with van der Waals surface area (Å²) in [6, 6.07) is 3.92. The number of benzene rings is 1. The van der Waals surface area contributed by atoms with E-state index in [0.29, 0.717) is 16.6 Å². The first-order valence-corrected chi connectivity index (χ1v) is 5.77. The molecule has 6 heteroatoms. The molecule has 0 saturated heterocycles. The number of amides is 1. The Kier molecular flexibility index (Phi) is 3.15. The molecule has 1 aliphatic rings. The minimum Gasteiger partial charge on any atom is -0.481 e. The minimum absolute atomic E-state index is 0.311. The highest BCUT2D eigenvalue weighted by Gasteiger charge is 2.48. The molecule has 1 saturated carbocycles. The van der Waals surface area contributed by atoms with Crippen LogP contribution in [0.4, 0.5) is 10.1 Å². The van der Waals surface area contributed by atoms with Crippen molar-refractivity contribution in [3.05, 3.63) is 28.5 Å². The predicted molar refractivity (Wildman–Crippen MR) is 62.0 cm³/mol. The van der Waals surface area contributed by atoms with Gasteiger partial charge in [-0.15, -0.1) is 0 Å². The number of nitrogens with one attached hydrogen (secondary N) is 1. The fourth-order valence-corrected chi connectivity index (χ4v) is 1.92. The van der Waals surface area contributed by atoms with Crippen LogP contribution in [0.15, 0.2) is 22.7 Å². The standard InChI is InChI=1S/C11H9BrFNO3/c12-8-2-1-5(13)3-9(8)14-10(15)6-4-7(6)11(16)17/h1-3,6-7H,4H2,(H,14,15)(H,16,17). The molecule has 2 atom stereocenters. The highest BCUT2D eigenvalue weighted by Crippen LogP contribution is 2.39. The molecule has 1 amide bonds. The summed E-state index contributed by atoms with van der Waals surface area (Å²) in [5.74, 6) is -2.94. The van der Waals surface area contributed by atoms with Gasteiger partial charge in [-0.1, -0.05) is 0 Å². The lowest BCUT2D eigenvalue weighted by atomic mass is 10.2. The van der Waals surface area contributed by atoms with Crippen LogP contribution < -0.4 is 5.32 Å². The Bertz CT molecular complexity index is 492. The van der Waals surface area contributed by atoms with Crippen LogP contribution in [-0.4, -0.2) is 17.0 Å². The van der Waals surface area contributed by atoms with E-state index in [0.717, 1.165) is 0 Å². The molecule has 1 aliphatic carbocycles. The molecule has 0 spiro atoms. The number of hydrogen-bond donors (Lipinski definition) is 2. The lowest BCUT2D eigenvalue weighted by molar-refractivity contribution is -0.139. The van der Waals surface area contributed by atoms with Crippen molar-refractivity contribution < 1.29 is 19.1 Å². The van der Waals surface area contributed by atoms with Gasteiger partial charge < -0.3 is 10.4 Å². The van der Waals surface area contributed by atoms with Crippen LogP contribution in [0.2, 0.25) is 0 Å². The van der Waals surface area contributed by atoms with E-state index in [-0.39, 0.29) is 5.91 Å². The summed E-state index contributed by atoms with van der Waals surface area (Å²) < 4.78 is 13.5. The van der Waals surface area contributed by atoms with Gasteiger partial charge >= 0.3 is 5.97 Å². The molecule has 0 radical (unpaired) electrons. The molecule has 90 valence electrons. The quantitative estimate of drug-likeness (QED) is 0.900. The molecule has 0 aliphatic heterocycles. The number of halogens is 2. The average molecular weight is 302 g/mol. The zero-order valence-electron chi connectivity index (χ0n) is 8.61. The third-order valence-corrected chi connectivity index (χ3v) is 3.32. The molecule has 1 aromatic carbocycles. The van der Waals surface area contributed by atoms with Gasteiger partial charge in [-0.2, -0.15) is 0 Å². The molecule has 4 nitrogen and oxygen atoms in total.